The minimum Gasteiger partial charge on any atom is -0.267 e. The number of hydrogen-bond acceptors (Lipinski definition) is 2. The van der Waals surface area contributed by atoms with E-state index in [9.17, 15) is 9.59 Å². The Morgan fingerprint density at radius 3 is 2.15 bits per heavy atom. The van der Waals surface area contributed by atoms with Crippen LogP contribution in [-0.2, 0) is 6.42 Å². The molecule has 0 aliphatic rings. The lowest BCUT2D eigenvalue weighted by molar-refractivity contribution is 0.0358. The number of amides is 2. The maximum atomic E-state index is 13.0. The van der Waals surface area contributed by atoms with Gasteiger partial charge >= 0.3 is 0 Å². The van der Waals surface area contributed by atoms with Crippen molar-refractivity contribution in [1.82, 2.24) is 10.4 Å². The quantitative estimate of drug-likeness (QED) is 0.787. The molecular formula is C21H25ClN2O2. The Kier molecular flexibility index (Phi) is 6.09. The average Bonchev–Trinajstić information content (AvgIpc) is 2.57. The number of aryl methyl sites for hydroxylation is 2. The summed E-state index contributed by atoms with van der Waals surface area (Å²) in [7, 11) is 0. The first-order chi connectivity index (χ1) is 12.1. The largest absolute Gasteiger partial charge is 0.272 e. The van der Waals surface area contributed by atoms with E-state index in [4.69, 9.17) is 11.6 Å². The van der Waals surface area contributed by atoms with E-state index >= 15 is 0 Å². The fourth-order valence-electron chi connectivity index (χ4n) is 2.57. The molecule has 138 valence electrons. The summed E-state index contributed by atoms with van der Waals surface area (Å²) in [5, 5.41) is 1.85. The standard InChI is InChI=1S/C21H25ClN2O2/c1-6-15-7-9-16(10-8-15)20(26)24(21(3,4)5)23-19(25)17-11-14(2)12-18(22)13-17/h7-13H,6H2,1-5H3,(H,23,25). The second-order valence-corrected chi connectivity index (χ2v) is 7.76. The van der Waals surface area contributed by atoms with Crippen molar-refractivity contribution >= 4 is 23.4 Å². The zero-order valence-electron chi connectivity index (χ0n) is 15.9. The van der Waals surface area contributed by atoms with Crippen LogP contribution in [0.15, 0.2) is 42.5 Å². The summed E-state index contributed by atoms with van der Waals surface area (Å²) in [5.74, 6) is -0.628. The second kappa shape index (κ2) is 7.92. The van der Waals surface area contributed by atoms with Gasteiger partial charge in [-0.15, -0.1) is 0 Å². The van der Waals surface area contributed by atoms with Crippen LogP contribution >= 0.6 is 11.6 Å². The van der Waals surface area contributed by atoms with Crippen molar-refractivity contribution in [1.29, 1.82) is 0 Å². The zero-order chi connectivity index (χ0) is 19.5. The molecule has 2 aromatic carbocycles. The van der Waals surface area contributed by atoms with E-state index in [-0.39, 0.29) is 11.8 Å². The number of rotatable bonds is 3. The van der Waals surface area contributed by atoms with Gasteiger partial charge in [-0.1, -0.05) is 30.7 Å². The first kappa shape index (κ1) is 20.0. The van der Waals surface area contributed by atoms with E-state index < -0.39 is 5.54 Å². The van der Waals surface area contributed by atoms with Gasteiger partial charge in [0.05, 0.1) is 5.54 Å². The molecule has 0 aliphatic carbocycles. The summed E-state index contributed by atoms with van der Waals surface area (Å²) in [5.41, 5.74) is 5.13. The summed E-state index contributed by atoms with van der Waals surface area (Å²) in [6.45, 7) is 9.54. The molecule has 0 unspecified atom stereocenters. The lowest BCUT2D eigenvalue weighted by Crippen LogP contribution is -2.55. The SMILES string of the molecule is CCc1ccc(C(=O)N(NC(=O)c2cc(C)cc(Cl)c2)C(C)(C)C)cc1. The Bertz CT molecular complexity index is 788. The Morgan fingerprint density at radius 1 is 1.04 bits per heavy atom. The predicted molar refractivity (Wildman–Crippen MR) is 105 cm³/mol. The number of carbonyl (C=O) groups excluding carboxylic acids is 2. The van der Waals surface area contributed by atoms with Crippen LogP contribution in [0.25, 0.3) is 0 Å². The number of halogens is 1. The van der Waals surface area contributed by atoms with Crippen molar-refractivity contribution in [3.05, 3.63) is 69.7 Å². The van der Waals surface area contributed by atoms with E-state index in [1.165, 1.54) is 5.01 Å². The molecule has 0 atom stereocenters. The molecule has 0 spiro atoms. The number of nitrogens with zero attached hydrogens (tertiary/aromatic N) is 1. The van der Waals surface area contributed by atoms with Gasteiger partial charge in [0.1, 0.15) is 0 Å². The van der Waals surface area contributed by atoms with Crippen LogP contribution in [0.2, 0.25) is 5.02 Å². The van der Waals surface area contributed by atoms with Crippen molar-refractivity contribution in [2.24, 2.45) is 0 Å². The van der Waals surface area contributed by atoms with Crippen molar-refractivity contribution in [3.63, 3.8) is 0 Å². The van der Waals surface area contributed by atoms with Gasteiger partial charge in [0, 0.05) is 16.1 Å². The van der Waals surface area contributed by atoms with Gasteiger partial charge in [0.2, 0.25) is 0 Å². The summed E-state index contributed by atoms with van der Waals surface area (Å²) in [6.07, 6.45) is 0.905. The van der Waals surface area contributed by atoms with Crippen LogP contribution < -0.4 is 5.43 Å². The number of hydrogen-bond donors (Lipinski definition) is 1. The molecule has 4 nitrogen and oxygen atoms in total. The highest BCUT2D eigenvalue weighted by Gasteiger charge is 2.29. The lowest BCUT2D eigenvalue weighted by Gasteiger charge is -2.35. The third-order valence-corrected chi connectivity index (χ3v) is 4.22. The second-order valence-electron chi connectivity index (χ2n) is 7.32. The van der Waals surface area contributed by atoms with Crippen molar-refractivity contribution in [2.45, 2.75) is 46.6 Å². The first-order valence-corrected chi connectivity index (χ1v) is 9.01. The van der Waals surface area contributed by atoms with E-state index in [0.717, 1.165) is 17.5 Å². The fraction of sp³-hybridized carbons (Fsp3) is 0.333. The molecule has 0 aliphatic heterocycles. The third-order valence-electron chi connectivity index (χ3n) is 4.00. The number of hydrazine groups is 1. The molecular weight excluding hydrogens is 348 g/mol. The summed E-state index contributed by atoms with van der Waals surface area (Å²) < 4.78 is 0. The molecule has 2 aromatic rings. The molecule has 0 saturated carbocycles. The number of benzene rings is 2. The van der Waals surface area contributed by atoms with E-state index in [1.807, 2.05) is 39.8 Å². The maximum Gasteiger partial charge on any atom is 0.272 e. The molecule has 0 bridgehead atoms. The van der Waals surface area contributed by atoms with E-state index in [1.54, 1.807) is 30.3 Å². The molecule has 2 amide bonds. The first-order valence-electron chi connectivity index (χ1n) is 8.63. The van der Waals surface area contributed by atoms with Gasteiger partial charge in [-0.2, -0.15) is 0 Å². The minimum absolute atomic E-state index is 0.257. The summed E-state index contributed by atoms with van der Waals surface area (Å²) >= 11 is 6.05. The van der Waals surface area contributed by atoms with Gasteiger partial charge in [-0.05, 0) is 75.6 Å². The minimum atomic E-state index is -0.593. The van der Waals surface area contributed by atoms with Crippen LogP contribution in [0.5, 0.6) is 0 Å². The van der Waals surface area contributed by atoms with Gasteiger partial charge in [-0.3, -0.25) is 15.0 Å². The van der Waals surface area contributed by atoms with Gasteiger partial charge in [0.15, 0.2) is 0 Å². The summed E-state index contributed by atoms with van der Waals surface area (Å²) in [6, 6.07) is 12.5. The highest BCUT2D eigenvalue weighted by molar-refractivity contribution is 6.31. The highest BCUT2D eigenvalue weighted by atomic mass is 35.5. The van der Waals surface area contributed by atoms with Gasteiger partial charge < -0.3 is 0 Å². The average molecular weight is 373 g/mol. The Balaban J connectivity index is 2.29. The van der Waals surface area contributed by atoms with Crippen molar-refractivity contribution in [3.8, 4) is 0 Å². The molecule has 2 rings (SSSR count). The highest BCUT2D eigenvalue weighted by Crippen LogP contribution is 2.18. The third kappa shape index (κ3) is 4.85. The van der Waals surface area contributed by atoms with Crippen LogP contribution in [0.3, 0.4) is 0 Å². The monoisotopic (exact) mass is 372 g/mol. The van der Waals surface area contributed by atoms with E-state index in [2.05, 4.69) is 12.3 Å². The molecule has 0 saturated heterocycles. The number of nitrogens with one attached hydrogen (secondary N) is 1. The number of carbonyl (C=O) groups is 2. The Morgan fingerprint density at radius 2 is 1.65 bits per heavy atom. The van der Waals surface area contributed by atoms with Gasteiger partial charge in [-0.25, -0.2) is 5.01 Å². The van der Waals surface area contributed by atoms with Crippen molar-refractivity contribution < 1.29 is 9.59 Å². The molecule has 0 fully saturated rings. The summed E-state index contributed by atoms with van der Waals surface area (Å²) in [4.78, 5) is 25.7. The predicted octanol–water partition coefficient (Wildman–Crippen LogP) is 4.80. The molecule has 26 heavy (non-hydrogen) atoms. The topological polar surface area (TPSA) is 49.4 Å². The zero-order valence-corrected chi connectivity index (χ0v) is 16.6. The van der Waals surface area contributed by atoms with E-state index in [0.29, 0.717) is 16.1 Å². The smallest absolute Gasteiger partial charge is 0.267 e. The molecule has 0 heterocycles. The van der Waals surface area contributed by atoms with Crippen LogP contribution in [0.1, 0.15) is 59.5 Å². The Labute approximate surface area is 160 Å². The normalized spacial score (nSPS) is 11.2. The molecule has 5 heteroatoms. The van der Waals surface area contributed by atoms with Crippen LogP contribution in [-0.4, -0.2) is 22.4 Å². The Hall–Kier alpha value is -2.33. The van der Waals surface area contributed by atoms with Gasteiger partial charge in [0.25, 0.3) is 11.8 Å². The molecule has 1 N–H and O–H groups in total. The van der Waals surface area contributed by atoms with Crippen LogP contribution in [0, 0.1) is 6.92 Å². The van der Waals surface area contributed by atoms with Crippen molar-refractivity contribution in [2.75, 3.05) is 0 Å². The fourth-order valence-corrected chi connectivity index (χ4v) is 2.86. The maximum absolute atomic E-state index is 13.0. The lowest BCUT2D eigenvalue weighted by atomic mass is 10.0. The van der Waals surface area contributed by atoms with Crippen LogP contribution in [0.4, 0.5) is 0 Å². The molecule has 0 aromatic heterocycles. The molecule has 0 radical (unpaired) electrons.